The van der Waals surface area contributed by atoms with Gasteiger partial charge in [-0.1, -0.05) is 18.2 Å². The van der Waals surface area contributed by atoms with Crippen LogP contribution in [0.4, 0.5) is 0 Å². The molecule has 136 valence electrons. The molecule has 1 spiro atoms. The summed E-state index contributed by atoms with van der Waals surface area (Å²) in [6.07, 6.45) is 6.17. The summed E-state index contributed by atoms with van der Waals surface area (Å²) in [6, 6.07) is 8.81. The molecule has 2 aromatic rings. The van der Waals surface area contributed by atoms with E-state index in [1.54, 1.807) is 6.92 Å². The first kappa shape index (κ1) is 16.8. The molecule has 1 saturated carbocycles. The summed E-state index contributed by atoms with van der Waals surface area (Å²) in [4.78, 5) is 31.0. The van der Waals surface area contributed by atoms with Gasteiger partial charge < -0.3 is 14.6 Å². The number of hydrogen-bond acceptors (Lipinski definition) is 4. The Bertz CT molecular complexity index is 801. The SMILES string of the molecule is CC(NC(=O)c1cnc(-c2ccccc2)o1)C(=O)N1CCC2(CC1)CC2. The van der Waals surface area contributed by atoms with E-state index in [9.17, 15) is 9.59 Å². The van der Waals surface area contributed by atoms with Crippen molar-refractivity contribution < 1.29 is 14.0 Å². The van der Waals surface area contributed by atoms with Gasteiger partial charge in [-0.05, 0) is 50.2 Å². The molecule has 1 N–H and O–H groups in total. The van der Waals surface area contributed by atoms with Gasteiger partial charge in [-0.25, -0.2) is 4.98 Å². The maximum atomic E-state index is 12.6. The fourth-order valence-corrected chi connectivity index (χ4v) is 3.57. The minimum absolute atomic E-state index is 0.0309. The van der Waals surface area contributed by atoms with Crippen LogP contribution in [0.2, 0.25) is 0 Å². The van der Waals surface area contributed by atoms with Crippen molar-refractivity contribution in [1.82, 2.24) is 15.2 Å². The molecule has 26 heavy (non-hydrogen) atoms. The lowest BCUT2D eigenvalue weighted by Crippen LogP contribution is -2.49. The van der Waals surface area contributed by atoms with Gasteiger partial charge in [-0.15, -0.1) is 0 Å². The van der Waals surface area contributed by atoms with E-state index >= 15 is 0 Å². The van der Waals surface area contributed by atoms with Crippen LogP contribution in [0.25, 0.3) is 11.5 Å². The predicted molar refractivity (Wildman–Crippen MR) is 96.3 cm³/mol. The van der Waals surface area contributed by atoms with E-state index in [1.807, 2.05) is 35.2 Å². The molecule has 0 bridgehead atoms. The summed E-state index contributed by atoms with van der Waals surface area (Å²) in [5.74, 6) is 0.0485. The molecule has 1 aliphatic carbocycles. The topological polar surface area (TPSA) is 75.4 Å². The molecule has 1 saturated heterocycles. The minimum atomic E-state index is -0.582. The van der Waals surface area contributed by atoms with Crippen molar-refractivity contribution in [3.05, 3.63) is 42.3 Å². The number of hydrogen-bond donors (Lipinski definition) is 1. The van der Waals surface area contributed by atoms with Gasteiger partial charge in [-0.3, -0.25) is 9.59 Å². The summed E-state index contributed by atoms with van der Waals surface area (Å²) in [7, 11) is 0. The first-order valence-corrected chi connectivity index (χ1v) is 9.17. The normalized spacial score (nSPS) is 19.2. The number of nitrogens with one attached hydrogen (secondary N) is 1. The van der Waals surface area contributed by atoms with Gasteiger partial charge in [0.1, 0.15) is 6.04 Å². The molecule has 4 rings (SSSR count). The minimum Gasteiger partial charge on any atom is -0.431 e. The third-order valence-corrected chi connectivity index (χ3v) is 5.56. The Balaban J connectivity index is 1.35. The highest BCUT2D eigenvalue weighted by Gasteiger charge is 2.45. The van der Waals surface area contributed by atoms with Crippen LogP contribution >= 0.6 is 0 Å². The van der Waals surface area contributed by atoms with Crippen molar-refractivity contribution in [3.63, 3.8) is 0 Å². The maximum absolute atomic E-state index is 12.6. The Morgan fingerprint density at radius 3 is 2.50 bits per heavy atom. The lowest BCUT2D eigenvalue weighted by molar-refractivity contribution is -0.134. The Hall–Kier alpha value is -2.63. The number of amides is 2. The third-order valence-electron chi connectivity index (χ3n) is 5.56. The van der Waals surface area contributed by atoms with Crippen LogP contribution in [0.1, 0.15) is 43.2 Å². The van der Waals surface area contributed by atoms with Crippen LogP contribution in [-0.4, -0.2) is 40.8 Å². The molecule has 2 heterocycles. The summed E-state index contributed by atoms with van der Waals surface area (Å²) < 4.78 is 5.55. The number of carbonyl (C=O) groups excluding carboxylic acids is 2. The zero-order valence-corrected chi connectivity index (χ0v) is 14.9. The van der Waals surface area contributed by atoms with Gasteiger partial charge >= 0.3 is 0 Å². The molecule has 1 aromatic heterocycles. The van der Waals surface area contributed by atoms with E-state index in [0.29, 0.717) is 11.3 Å². The van der Waals surface area contributed by atoms with E-state index in [0.717, 1.165) is 31.5 Å². The third kappa shape index (κ3) is 3.36. The Morgan fingerprint density at radius 2 is 1.85 bits per heavy atom. The number of likely N-dealkylation sites (tertiary alicyclic amines) is 1. The Kier molecular flexibility index (Phi) is 4.26. The number of rotatable bonds is 4. The second kappa shape index (κ2) is 6.59. The highest BCUT2D eigenvalue weighted by Crippen LogP contribution is 2.53. The van der Waals surface area contributed by atoms with Crippen LogP contribution in [0, 0.1) is 5.41 Å². The molecular formula is C20H23N3O3. The second-order valence-electron chi connectivity index (χ2n) is 7.42. The van der Waals surface area contributed by atoms with Gasteiger partial charge in [0.05, 0.1) is 6.20 Å². The van der Waals surface area contributed by atoms with Crippen molar-refractivity contribution in [2.24, 2.45) is 5.41 Å². The predicted octanol–water partition coefficient (Wildman–Crippen LogP) is 2.86. The molecule has 2 aliphatic rings. The lowest BCUT2D eigenvalue weighted by atomic mass is 9.93. The molecule has 1 aromatic carbocycles. The van der Waals surface area contributed by atoms with Crippen molar-refractivity contribution in [3.8, 4) is 11.5 Å². The lowest BCUT2D eigenvalue weighted by Gasteiger charge is -2.33. The summed E-state index contributed by atoms with van der Waals surface area (Å²) in [6.45, 7) is 3.30. The van der Waals surface area contributed by atoms with Crippen LogP contribution in [0.5, 0.6) is 0 Å². The van der Waals surface area contributed by atoms with Crippen LogP contribution in [0.15, 0.2) is 40.9 Å². The average molecular weight is 353 g/mol. The molecule has 0 radical (unpaired) electrons. The van der Waals surface area contributed by atoms with Gasteiger partial charge in [-0.2, -0.15) is 0 Å². The highest BCUT2D eigenvalue weighted by molar-refractivity contribution is 5.95. The summed E-state index contributed by atoms with van der Waals surface area (Å²) in [5.41, 5.74) is 1.33. The first-order valence-electron chi connectivity index (χ1n) is 9.17. The molecule has 6 nitrogen and oxygen atoms in total. The standard InChI is InChI=1S/C20H23N3O3/c1-14(19(25)23-11-9-20(7-8-20)10-12-23)22-17(24)16-13-21-18(26-16)15-5-3-2-4-6-15/h2-6,13-14H,7-12H2,1H3,(H,22,24). The quantitative estimate of drug-likeness (QED) is 0.917. The number of nitrogens with zero attached hydrogens (tertiary/aromatic N) is 2. The van der Waals surface area contributed by atoms with Gasteiger partial charge in [0.2, 0.25) is 17.6 Å². The molecule has 1 atom stereocenters. The Morgan fingerprint density at radius 1 is 1.15 bits per heavy atom. The second-order valence-corrected chi connectivity index (χ2v) is 7.42. The molecule has 1 unspecified atom stereocenters. The zero-order chi connectivity index (χ0) is 18.1. The van der Waals surface area contributed by atoms with Gasteiger partial charge in [0.15, 0.2) is 0 Å². The van der Waals surface area contributed by atoms with Crippen molar-refractivity contribution in [2.75, 3.05) is 13.1 Å². The fourth-order valence-electron chi connectivity index (χ4n) is 3.57. The Labute approximate surface area is 152 Å². The maximum Gasteiger partial charge on any atom is 0.289 e. The molecule has 6 heteroatoms. The number of aromatic nitrogens is 1. The highest BCUT2D eigenvalue weighted by atomic mass is 16.4. The number of carbonyl (C=O) groups is 2. The van der Waals surface area contributed by atoms with E-state index in [4.69, 9.17) is 4.42 Å². The molecule has 2 fully saturated rings. The number of piperidine rings is 1. The van der Waals surface area contributed by atoms with Gasteiger partial charge in [0, 0.05) is 18.7 Å². The van der Waals surface area contributed by atoms with Crippen molar-refractivity contribution >= 4 is 11.8 Å². The zero-order valence-electron chi connectivity index (χ0n) is 14.9. The molecule has 1 aliphatic heterocycles. The van der Waals surface area contributed by atoms with Gasteiger partial charge in [0.25, 0.3) is 5.91 Å². The average Bonchev–Trinajstić information content (AvgIpc) is 3.23. The van der Waals surface area contributed by atoms with E-state index in [1.165, 1.54) is 19.0 Å². The fraction of sp³-hybridized carbons (Fsp3) is 0.450. The van der Waals surface area contributed by atoms with E-state index in [2.05, 4.69) is 10.3 Å². The smallest absolute Gasteiger partial charge is 0.289 e. The van der Waals surface area contributed by atoms with Crippen LogP contribution in [-0.2, 0) is 4.79 Å². The van der Waals surface area contributed by atoms with E-state index in [-0.39, 0.29) is 11.7 Å². The van der Waals surface area contributed by atoms with E-state index < -0.39 is 11.9 Å². The summed E-state index contributed by atoms with van der Waals surface area (Å²) in [5, 5.41) is 2.73. The monoisotopic (exact) mass is 353 g/mol. The molecule has 2 amide bonds. The summed E-state index contributed by atoms with van der Waals surface area (Å²) >= 11 is 0. The van der Waals surface area contributed by atoms with Crippen molar-refractivity contribution in [2.45, 2.75) is 38.6 Å². The van der Waals surface area contributed by atoms with Crippen molar-refractivity contribution in [1.29, 1.82) is 0 Å². The largest absolute Gasteiger partial charge is 0.431 e. The number of oxazole rings is 1. The van der Waals surface area contributed by atoms with Crippen LogP contribution in [0.3, 0.4) is 0 Å². The molecular weight excluding hydrogens is 330 g/mol. The number of benzene rings is 1. The van der Waals surface area contributed by atoms with Crippen LogP contribution < -0.4 is 5.32 Å². The first-order chi connectivity index (χ1) is 12.6.